The Bertz CT molecular complexity index is 696. The zero-order chi connectivity index (χ0) is 15.8. The van der Waals surface area contributed by atoms with Crippen LogP contribution in [-0.4, -0.2) is 10.9 Å². The van der Waals surface area contributed by atoms with Crippen molar-refractivity contribution in [3.8, 4) is 0 Å². The molecule has 2 aliphatic rings. The fraction of sp³-hybridized carbons (Fsp3) is 0.474. The van der Waals surface area contributed by atoms with Crippen LogP contribution < -0.4 is 4.90 Å². The molecule has 0 unspecified atom stereocenters. The van der Waals surface area contributed by atoms with Crippen LogP contribution in [0.3, 0.4) is 0 Å². The number of aromatic nitrogens is 1. The van der Waals surface area contributed by atoms with Crippen LogP contribution in [0.15, 0.2) is 35.7 Å². The molecule has 1 heterocycles. The quantitative estimate of drug-likeness (QED) is 0.797. The number of thiazole rings is 1. The summed E-state index contributed by atoms with van der Waals surface area (Å²) in [5.74, 6) is 2.43. The molecule has 2 aromatic rings. The van der Waals surface area contributed by atoms with E-state index in [1.807, 2.05) is 47.5 Å². The van der Waals surface area contributed by atoms with Gasteiger partial charge >= 0.3 is 0 Å². The maximum atomic E-state index is 13.1. The lowest BCUT2D eigenvalue weighted by atomic mass is 9.86. The molecule has 2 aliphatic carbocycles. The monoisotopic (exact) mass is 326 g/mol. The van der Waals surface area contributed by atoms with Gasteiger partial charge in [0.05, 0.1) is 11.4 Å². The minimum atomic E-state index is 0.197. The summed E-state index contributed by atoms with van der Waals surface area (Å²) in [6.07, 6.45) is 5.96. The van der Waals surface area contributed by atoms with Crippen molar-refractivity contribution in [1.82, 2.24) is 4.98 Å². The van der Waals surface area contributed by atoms with Crippen molar-refractivity contribution in [3.05, 3.63) is 41.4 Å². The van der Waals surface area contributed by atoms with E-state index in [0.717, 1.165) is 28.3 Å². The van der Waals surface area contributed by atoms with E-state index >= 15 is 0 Å². The fourth-order valence-electron chi connectivity index (χ4n) is 4.32. The van der Waals surface area contributed by atoms with E-state index < -0.39 is 0 Å². The Balaban J connectivity index is 1.58. The number of para-hydroxylation sites is 1. The second-order valence-electron chi connectivity index (χ2n) is 6.98. The maximum Gasteiger partial charge on any atom is 0.233 e. The molecule has 0 radical (unpaired) electrons. The minimum Gasteiger partial charge on any atom is -0.274 e. The Kier molecular flexibility index (Phi) is 3.93. The molecular weight excluding hydrogens is 304 g/mol. The van der Waals surface area contributed by atoms with Crippen LogP contribution in [0, 0.1) is 24.7 Å². The van der Waals surface area contributed by atoms with Gasteiger partial charge in [0.2, 0.25) is 5.91 Å². The highest BCUT2D eigenvalue weighted by Gasteiger charge is 2.41. The number of hydrogen-bond donors (Lipinski definition) is 0. The van der Waals surface area contributed by atoms with Gasteiger partial charge in [0, 0.05) is 11.8 Å². The normalized spacial score (nSPS) is 25.7. The number of hydrogen-bond acceptors (Lipinski definition) is 3. The van der Waals surface area contributed by atoms with Crippen LogP contribution in [-0.2, 0) is 4.79 Å². The van der Waals surface area contributed by atoms with Gasteiger partial charge in [-0.15, -0.1) is 11.3 Å². The Morgan fingerprint density at radius 2 is 2.09 bits per heavy atom. The third-order valence-electron chi connectivity index (χ3n) is 5.38. The largest absolute Gasteiger partial charge is 0.274 e. The summed E-state index contributed by atoms with van der Waals surface area (Å²) in [6, 6.07) is 9.93. The standard InChI is InChI=1S/C19H22N2OS/c1-13-12-23-19(20-13)21(17-5-3-2-4-6-17)18(22)11-16-10-14-7-8-15(16)9-14/h2-6,12,14-16H,7-11H2,1H3/t14-,15+,16-/m0/s1. The smallest absolute Gasteiger partial charge is 0.233 e. The average molecular weight is 326 g/mol. The molecule has 1 amide bonds. The van der Waals surface area contributed by atoms with Gasteiger partial charge in [-0.2, -0.15) is 0 Å². The summed E-state index contributed by atoms with van der Waals surface area (Å²) < 4.78 is 0. The van der Waals surface area contributed by atoms with Gasteiger partial charge in [0.25, 0.3) is 0 Å². The summed E-state index contributed by atoms with van der Waals surface area (Å²) in [4.78, 5) is 19.5. The average Bonchev–Trinajstić information content (AvgIpc) is 3.26. The van der Waals surface area contributed by atoms with Crippen LogP contribution in [0.5, 0.6) is 0 Å². The number of rotatable bonds is 4. The molecule has 3 nitrogen and oxygen atoms in total. The second-order valence-corrected chi connectivity index (χ2v) is 7.81. The van der Waals surface area contributed by atoms with Crippen LogP contribution in [0.1, 0.15) is 37.8 Å². The number of amides is 1. The topological polar surface area (TPSA) is 33.2 Å². The number of aryl methyl sites for hydroxylation is 1. The van der Waals surface area contributed by atoms with Crippen molar-refractivity contribution in [1.29, 1.82) is 0 Å². The number of carbonyl (C=O) groups excluding carboxylic acids is 1. The first-order valence-corrected chi connectivity index (χ1v) is 9.39. The second kappa shape index (κ2) is 6.08. The molecule has 23 heavy (non-hydrogen) atoms. The van der Waals surface area contributed by atoms with Crippen LogP contribution in [0.25, 0.3) is 0 Å². The summed E-state index contributed by atoms with van der Waals surface area (Å²) >= 11 is 1.55. The van der Waals surface area contributed by atoms with Gasteiger partial charge in [-0.3, -0.25) is 9.69 Å². The molecule has 1 aromatic heterocycles. The van der Waals surface area contributed by atoms with E-state index in [4.69, 9.17) is 0 Å². The molecule has 0 spiro atoms. The maximum absolute atomic E-state index is 13.1. The van der Waals surface area contributed by atoms with Gasteiger partial charge < -0.3 is 0 Å². The first-order valence-electron chi connectivity index (χ1n) is 8.51. The molecule has 0 saturated heterocycles. The molecule has 0 N–H and O–H groups in total. The molecule has 120 valence electrons. The first-order chi connectivity index (χ1) is 11.2. The third kappa shape index (κ3) is 2.92. The van der Waals surface area contributed by atoms with Crippen molar-refractivity contribution in [2.24, 2.45) is 17.8 Å². The lowest BCUT2D eigenvalue weighted by Crippen LogP contribution is -2.29. The predicted octanol–water partition coefficient (Wildman–Crippen LogP) is 4.94. The van der Waals surface area contributed by atoms with Gasteiger partial charge in [0.15, 0.2) is 5.13 Å². The fourth-order valence-corrected chi connectivity index (χ4v) is 5.16. The van der Waals surface area contributed by atoms with Crippen molar-refractivity contribution in [2.45, 2.75) is 39.0 Å². The highest BCUT2D eigenvalue weighted by molar-refractivity contribution is 7.14. The molecule has 2 bridgehead atoms. The van der Waals surface area contributed by atoms with E-state index in [2.05, 4.69) is 4.98 Å². The number of anilines is 2. The predicted molar refractivity (Wildman–Crippen MR) is 94.0 cm³/mol. The number of benzene rings is 1. The third-order valence-corrected chi connectivity index (χ3v) is 6.33. The van der Waals surface area contributed by atoms with Gasteiger partial charge in [0.1, 0.15) is 0 Å². The molecule has 1 aromatic carbocycles. The molecular formula is C19H22N2OS. The highest BCUT2D eigenvalue weighted by Crippen LogP contribution is 2.50. The molecule has 4 rings (SSSR count). The van der Waals surface area contributed by atoms with E-state index in [1.54, 1.807) is 11.3 Å². The van der Waals surface area contributed by atoms with Crippen molar-refractivity contribution >= 4 is 28.1 Å². The summed E-state index contributed by atoms with van der Waals surface area (Å²) in [5.41, 5.74) is 1.90. The van der Waals surface area contributed by atoms with Gasteiger partial charge in [-0.1, -0.05) is 24.6 Å². The van der Waals surface area contributed by atoms with E-state index in [-0.39, 0.29) is 5.91 Å². The molecule has 3 atom stereocenters. The zero-order valence-corrected chi connectivity index (χ0v) is 14.3. The molecule has 0 aliphatic heterocycles. The van der Waals surface area contributed by atoms with Gasteiger partial charge in [-0.05, 0) is 56.1 Å². The lowest BCUT2D eigenvalue weighted by Gasteiger charge is -2.25. The van der Waals surface area contributed by atoms with Crippen molar-refractivity contribution in [3.63, 3.8) is 0 Å². The Morgan fingerprint density at radius 1 is 1.26 bits per heavy atom. The van der Waals surface area contributed by atoms with Crippen LogP contribution >= 0.6 is 11.3 Å². The molecule has 4 heteroatoms. The SMILES string of the molecule is Cc1csc(N(C(=O)C[C@@H]2C[C@H]3CC[C@@H]2C3)c2ccccc2)n1. The van der Waals surface area contributed by atoms with Crippen LogP contribution in [0.2, 0.25) is 0 Å². The Morgan fingerprint density at radius 3 is 2.70 bits per heavy atom. The van der Waals surface area contributed by atoms with Crippen molar-refractivity contribution < 1.29 is 4.79 Å². The first kappa shape index (κ1) is 14.9. The molecule has 2 fully saturated rings. The summed E-state index contributed by atoms with van der Waals surface area (Å²) in [6.45, 7) is 1.98. The lowest BCUT2D eigenvalue weighted by molar-refractivity contribution is -0.119. The van der Waals surface area contributed by atoms with E-state index in [0.29, 0.717) is 12.3 Å². The zero-order valence-electron chi connectivity index (χ0n) is 13.4. The van der Waals surface area contributed by atoms with E-state index in [9.17, 15) is 4.79 Å². The van der Waals surface area contributed by atoms with Crippen molar-refractivity contribution in [2.75, 3.05) is 4.90 Å². The Labute approximate surface area is 141 Å². The summed E-state index contributed by atoms with van der Waals surface area (Å²) in [5, 5.41) is 2.80. The molecule has 2 saturated carbocycles. The minimum absolute atomic E-state index is 0.197. The summed E-state index contributed by atoms with van der Waals surface area (Å²) in [7, 11) is 0. The van der Waals surface area contributed by atoms with Crippen LogP contribution in [0.4, 0.5) is 10.8 Å². The van der Waals surface area contributed by atoms with E-state index in [1.165, 1.54) is 25.7 Å². The Hall–Kier alpha value is -1.68. The van der Waals surface area contributed by atoms with Gasteiger partial charge in [-0.25, -0.2) is 4.98 Å². The number of nitrogens with zero attached hydrogens (tertiary/aromatic N) is 2. The number of fused-ring (bicyclic) bond motifs is 2. The highest BCUT2D eigenvalue weighted by atomic mass is 32.1. The number of carbonyl (C=O) groups is 1.